The third kappa shape index (κ3) is 3.84. The molecule has 4 rings (SSSR count). The van der Waals surface area contributed by atoms with E-state index in [0.717, 1.165) is 5.56 Å². The van der Waals surface area contributed by atoms with Crippen molar-refractivity contribution in [2.45, 2.75) is 6.92 Å². The molecule has 4 aromatic rings. The molecule has 0 fully saturated rings. The summed E-state index contributed by atoms with van der Waals surface area (Å²) in [6, 6.07) is 18.0. The fourth-order valence-electron chi connectivity index (χ4n) is 2.91. The van der Waals surface area contributed by atoms with E-state index in [4.69, 9.17) is 0 Å². The summed E-state index contributed by atoms with van der Waals surface area (Å²) < 4.78 is 14.6. The molecule has 0 saturated heterocycles. The highest BCUT2D eigenvalue weighted by Crippen LogP contribution is 2.18. The Balaban J connectivity index is 1.65. The van der Waals surface area contributed by atoms with Crippen molar-refractivity contribution < 1.29 is 14.0 Å². The van der Waals surface area contributed by atoms with Crippen LogP contribution in [0, 0.1) is 12.7 Å². The van der Waals surface area contributed by atoms with Crippen LogP contribution in [0.1, 0.15) is 26.7 Å². The maximum atomic E-state index is 13.1. The highest BCUT2D eigenvalue weighted by atomic mass is 19.1. The summed E-state index contributed by atoms with van der Waals surface area (Å²) in [7, 11) is 0. The number of pyridine rings is 1. The van der Waals surface area contributed by atoms with Gasteiger partial charge >= 0.3 is 0 Å². The van der Waals surface area contributed by atoms with Gasteiger partial charge in [0.2, 0.25) is 5.82 Å². The first-order chi connectivity index (χ1) is 14.0. The van der Waals surface area contributed by atoms with E-state index in [9.17, 15) is 14.0 Å². The van der Waals surface area contributed by atoms with Crippen LogP contribution < -0.4 is 10.6 Å². The van der Waals surface area contributed by atoms with E-state index in [1.807, 2.05) is 19.1 Å². The molecule has 0 saturated carbocycles. The molecule has 7 heteroatoms. The second-order valence-corrected chi connectivity index (χ2v) is 6.52. The second kappa shape index (κ2) is 7.55. The molecule has 2 aromatic carbocycles. The van der Waals surface area contributed by atoms with Crippen molar-refractivity contribution in [2.24, 2.45) is 0 Å². The lowest BCUT2D eigenvalue weighted by molar-refractivity contribution is 0.101. The summed E-state index contributed by atoms with van der Waals surface area (Å²) in [4.78, 5) is 29.8. The molecule has 2 N–H and O–H groups in total. The van der Waals surface area contributed by atoms with Crippen LogP contribution in [0.5, 0.6) is 0 Å². The Bertz CT molecular complexity index is 1100. The molecule has 0 atom stereocenters. The third-order valence-corrected chi connectivity index (χ3v) is 4.38. The number of hydrogen-bond acceptors (Lipinski definition) is 3. The number of imidazole rings is 1. The average Bonchev–Trinajstić information content (AvgIpc) is 3.11. The lowest BCUT2D eigenvalue weighted by atomic mass is 10.2. The largest absolute Gasteiger partial charge is 0.321 e. The number of rotatable bonds is 4. The van der Waals surface area contributed by atoms with Gasteiger partial charge in [-0.3, -0.25) is 14.0 Å². The molecule has 2 amide bonds. The summed E-state index contributed by atoms with van der Waals surface area (Å²) in [6.07, 6.45) is 1.66. The minimum absolute atomic E-state index is 0.0546. The predicted octanol–water partition coefficient (Wildman–Crippen LogP) is 4.29. The number of aromatic nitrogens is 2. The van der Waals surface area contributed by atoms with Gasteiger partial charge in [-0.05, 0) is 55.5 Å². The Kier molecular flexibility index (Phi) is 4.78. The van der Waals surface area contributed by atoms with E-state index in [1.165, 1.54) is 24.3 Å². The number of aryl methyl sites for hydroxylation is 1. The fourth-order valence-corrected chi connectivity index (χ4v) is 2.91. The van der Waals surface area contributed by atoms with Crippen molar-refractivity contribution in [1.29, 1.82) is 0 Å². The molecule has 0 aliphatic rings. The first-order valence-corrected chi connectivity index (χ1v) is 8.93. The SMILES string of the molecule is Cc1ccc(NC(=O)c2nc(C(=O)Nc3ccc(F)cc3)n3ccccc23)cc1. The number of benzene rings is 2. The normalized spacial score (nSPS) is 10.7. The minimum Gasteiger partial charge on any atom is -0.321 e. The molecule has 0 spiro atoms. The van der Waals surface area contributed by atoms with Gasteiger partial charge in [0.25, 0.3) is 11.8 Å². The lowest BCUT2D eigenvalue weighted by Crippen LogP contribution is -2.16. The highest BCUT2D eigenvalue weighted by Gasteiger charge is 2.21. The van der Waals surface area contributed by atoms with E-state index < -0.39 is 17.6 Å². The van der Waals surface area contributed by atoms with Gasteiger partial charge in [0.15, 0.2) is 5.69 Å². The molecule has 6 nitrogen and oxygen atoms in total. The van der Waals surface area contributed by atoms with E-state index in [-0.39, 0.29) is 11.5 Å². The Morgan fingerprint density at radius 3 is 2.17 bits per heavy atom. The topological polar surface area (TPSA) is 75.5 Å². The third-order valence-electron chi connectivity index (χ3n) is 4.38. The summed E-state index contributed by atoms with van der Waals surface area (Å²) in [5.41, 5.74) is 2.77. The minimum atomic E-state index is -0.507. The molecule has 29 heavy (non-hydrogen) atoms. The molecule has 0 unspecified atom stereocenters. The zero-order valence-electron chi connectivity index (χ0n) is 15.5. The molecule has 144 valence electrons. The van der Waals surface area contributed by atoms with Crippen LogP contribution in [-0.2, 0) is 0 Å². The van der Waals surface area contributed by atoms with Crippen molar-refractivity contribution >= 4 is 28.7 Å². The van der Waals surface area contributed by atoms with Crippen molar-refractivity contribution in [3.8, 4) is 0 Å². The van der Waals surface area contributed by atoms with Crippen molar-refractivity contribution in [3.63, 3.8) is 0 Å². The summed E-state index contributed by atoms with van der Waals surface area (Å²) in [5.74, 6) is -1.27. The van der Waals surface area contributed by atoms with E-state index in [1.54, 1.807) is 40.9 Å². The number of anilines is 2. The van der Waals surface area contributed by atoms with Crippen LogP contribution in [0.15, 0.2) is 72.9 Å². The zero-order valence-corrected chi connectivity index (χ0v) is 15.5. The molecular formula is C22H17FN4O2. The van der Waals surface area contributed by atoms with Crippen LogP contribution in [0.4, 0.5) is 15.8 Å². The maximum Gasteiger partial charge on any atom is 0.292 e. The predicted molar refractivity (Wildman–Crippen MR) is 109 cm³/mol. The van der Waals surface area contributed by atoms with Crippen LogP contribution >= 0.6 is 0 Å². The van der Waals surface area contributed by atoms with Crippen LogP contribution in [0.3, 0.4) is 0 Å². The van der Waals surface area contributed by atoms with Crippen LogP contribution in [-0.4, -0.2) is 21.2 Å². The summed E-state index contributed by atoms with van der Waals surface area (Å²) >= 11 is 0. The molecule has 2 aromatic heterocycles. The molecular weight excluding hydrogens is 371 g/mol. The van der Waals surface area contributed by atoms with E-state index >= 15 is 0 Å². The Hall–Kier alpha value is -4.00. The second-order valence-electron chi connectivity index (χ2n) is 6.52. The first kappa shape index (κ1) is 18.4. The van der Waals surface area contributed by atoms with Gasteiger partial charge in [-0.2, -0.15) is 0 Å². The fraction of sp³-hybridized carbons (Fsp3) is 0.0455. The van der Waals surface area contributed by atoms with Crippen molar-refractivity contribution in [3.05, 3.63) is 95.8 Å². The number of carbonyl (C=O) groups is 2. The lowest BCUT2D eigenvalue weighted by Gasteiger charge is -2.04. The van der Waals surface area contributed by atoms with Gasteiger partial charge in [-0.15, -0.1) is 0 Å². The molecule has 0 aliphatic heterocycles. The van der Waals surface area contributed by atoms with E-state index in [0.29, 0.717) is 16.9 Å². The molecule has 0 radical (unpaired) electrons. The number of nitrogens with zero attached hydrogens (tertiary/aromatic N) is 2. The highest BCUT2D eigenvalue weighted by molar-refractivity contribution is 6.10. The number of amides is 2. The number of carbonyl (C=O) groups excluding carboxylic acids is 2. The van der Waals surface area contributed by atoms with Gasteiger partial charge in [-0.25, -0.2) is 9.37 Å². The maximum absolute atomic E-state index is 13.1. The number of hydrogen-bond donors (Lipinski definition) is 2. The van der Waals surface area contributed by atoms with E-state index in [2.05, 4.69) is 15.6 Å². The van der Waals surface area contributed by atoms with Crippen molar-refractivity contribution in [2.75, 3.05) is 10.6 Å². The van der Waals surface area contributed by atoms with Crippen molar-refractivity contribution in [1.82, 2.24) is 9.38 Å². The van der Waals surface area contributed by atoms with Crippen LogP contribution in [0.25, 0.3) is 5.52 Å². The number of nitrogens with one attached hydrogen (secondary N) is 2. The summed E-state index contributed by atoms with van der Waals surface area (Å²) in [6.45, 7) is 1.96. The van der Waals surface area contributed by atoms with Crippen LogP contribution in [0.2, 0.25) is 0 Å². The quantitative estimate of drug-likeness (QED) is 0.548. The standard InChI is InChI=1S/C22H17FN4O2/c1-14-5-9-16(10-6-14)24-21(28)19-18-4-2-3-13-27(18)20(26-19)22(29)25-17-11-7-15(23)8-12-17/h2-13H,1H3,(H,24,28)(H,25,29). The van der Waals surface area contributed by atoms with Gasteiger partial charge in [0.05, 0.1) is 5.52 Å². The Morgan fingerprint density at radius 1 is 0.862 bits per heavy atom. The van der Waals surface area contributed by atoms with Gasteiger partial charge in [0.1, 0.15) is 5.82 Å². The monoisotopic (exact) mass is 388 g/mol. The number of fused-ring (bicyclic) bond motifs is 1. The molecule has 2 heterocycles. The zero-order chi connectivity index (χ0) is 20.4. The number of halogens is 1. The van der Waals surface area contributed by atoms with Gasteiger partial charge < -0.3 is 10.6 Å². The molecule has 0 aliphatic carbocycles. The Morgan fingerprint density at radius 2 is 1.48 bits per heavy atom. The van der Waals surface area contributed by atoms with Gasteiger partial charge in [-0.1, -0.05) is 23.8 Å². The molecule has 0 bridgehead atoms. The van der Waals surface area contributed by atoms with Gasteiger partial charge in [0, 0.05) is 17.6 Å². The summed E-state index contributed by atoms with van der Waals surface area (Å²) in [5, 5.41) is 5.46. The average molecular weight is 388 g/mol. The Labute approximate surface area is 166 Å². The smallest absolute Gasteiger partial charge is 0.292 e. The first-order valence-electron chi connectivity index (χ1n) is 8.93.